The third kappa shape index (κ3) is 24.1. The highest BCUT2D eigenvalue weighted by Crippen LogP contribution is 2.14. The smallest absolute Gasteiger partial charge is 0.0883 e. The monoisotopic (exact) mass is 387 g/mol. The SMILES string of the molecule is CCCCCCCCCCCCCCCCCCCCCCNS(C)=O. The van der Waals surface area contributed by atoms with Gasteiger partial charge in [0.15, 0.2) is 0 Å². The number of unbranched alkanes of at least 4 members (excludes halogenated alkanes) is 19. The Hall–Kier alpha value is 0.110. The maximum Gasteiger partial charge on any atom is 0.0883 e. The Kier molecular flexibility index (Phi) is 23.2. The van der Waals surface area contributed by atoms with E-state index < -0.39 is 11.0 Å². The summed E-state index contributed by atoms with van der Waals surface area (Å²) in [5, 5.41) is 0. The molecule has 0 heterocycles. The first-order chi connectivity index (χ1) is 12.8. The molecule has 0 fully saturated rings. The van der Waals surface area contributed by atoms with E-state index in [1.54, 1.807) is 6.26 Å². The molecule has 1 atom stereocenters. The first kappa shape index (κ1) is 26.1. The molecule has 26 heavy (non-hydrogen) atoms. The van der Waals surface area contributed by atoms with Crippen LogP contribution in [0.2, 0.25) is 0 Å². The van der Waals surface area contributed by atoms with Crippen molar-refractivity contribution in [2.75, 3.05) is 12.8 Å². The van der Waals surface area contributed by atoms with Crippen LogP contribution >= 0.6 is 0 Å². The average Bonchev–Trinajstić information content (AvgIpc) is 2.62. The fourth-order valence-electron chi connectivity index (χ4n) is 3.60. The number of rotatable bonds is 22. The molecule has 0 spiro atoms. The minimum atomic E-state index is -0.835. The second-order valence-electron chi connectivity index (χ2n) is 8.07. The maximum absolute atomic E-state index is 10.8. The van der Waals surface area contributed by atoms with E-state index in [4.69, 9.17) is 0 Å². The van der Waals surface area contributed by atoms with Gasteiger partial charge in [-0.2, -0.15) is 0 Å². The molecule has 0 bridgehead atoms. The summed E-state index contributed by atoms with van der Waals surface area (Å²) >= 11 is 0. The molecule has 0 saturated heterocycles. The van der Waals surface area contributed by atoms with Gasteiger partial charge >= 0.3 is 0 Å². The van der Waals surface area contributed by atoms with Crippen LogP contribution in [0.25, 0.3) is 0 Å². The number of hydrogen-bond acceptors (Lipinski definition) is 1. The Labute approximate surface area is 168 Å². The Morgan fingerprint density at radius 1 is 0.500 bits per heavy atom. The predicted octanol–water partition coefficient (Wildman–Crippen LogP) is 7.69. The van der Waals surface area contributed by atoms with Crippen LogP contribution in [0.15, 0.2) is 0 Å². The van der Waals surface area contributed by atoms with Crippen molar-refractivity contribution >= 4 is 11.0 Å². The van der Waals surface area contributed by atoms with Crippen molar-refractivity contribution in [2.24, 2.45) is 0 Å². The number of nitrogens with one attached hydrogen (secondary N) is 1. The summed E-state index contributed by atoms with van der Waals surface area (Å²) in [6.07, 6.45) is 30.0. The summed E-state index contributed by atoms with van der Waals surface area (Å²) in [5.74, 6) is 0. The van der Waals surface area contributed by atoms with Crippen molar-refractivity contribution in [3.63, 3.8) is 0 Å². The Bertz CT molecular complexity index is 283. The van der Waals surface area contributed by atoms with Crippen LogP contribution in [0.4, 0.5) is 0 Å². The largest absolute Gasteiger partial charge is 0.243 e. The predicted molar refractivity (Wildman–Crippen MR) is 120 cm³/mol. The highest BCUT2D eigenvalue weighted by molar-refractivity contribution is 7.82. The fraction of sp³-hybridized carbons (Fsp3) is 1.00. The topological polar surface area (TPSA) is 29.1 Å². The lowest BCUT2D eigenvalue weighted by Crippen LogP contribution is -2.16. The molecule has 0 aliphatic rings. The van der Waals surface area contributed by atoms with E-state index >= 15 is 0 Å². The van der Waals surface area contributed by atoms with E-state index in [0.717, 1.165) is 6.54 Å². The highest BCUT2D eigenvalue weighted by atomic mass is 32.2. The van der Waals surface area contributed by atoms with Gasteiger partial charge in [-0.05, 0) is 6.42 Å². The normalized spacial score (nSPS) is 12.5. The summed E-state index contributed by atoms with van der Waals surface area (Å²) in [4.78, 5) is 0. The zero-order chi connectivity index (χ0) is 19.1. The van der Waals surface area contributed by atoms with Crippen molar-refractivity contribution < 1.29 is 4.21 Å². The molecule has 0 aromatic heterocycles. The molecule has 0 saturated carbocycles. The lowest BCUT2D eigenvalue weighted by atomic mass is 10.0. The third-order valence-corrected chi connectivity index (χ3v) is 5.95. The van der Waals surface area contributed by atoms with E-state index in [0.29, 0.717) is 0 Å². The van der Waals surface area contributed by atoms with E-state index in [9.17, 15) is 4.21 Å². The molecule has 0 amide bonds. The lowest BCUT2D eigenvalue weighted by molar-refractivity contribution is 0.521. The van der Waals surface area contributed by atoms with Crippen LogP contribution in [0.3, 0.4) is 0 Å². The molecule has 0 radical (unpaired) electrons. The van der Waals surface area contributed by atoms with Crippen LogP contribution in [0, 0.1) is 0 Å². The van der Waals surface area contributed by atoms with Crippen LogP contribution in [-0.4, -0.2) is 17.0 Å². The summed E-state index contributed by atoms with van der Waals surface area (Å²) in [5.41, 5.74) is 0. The van der Waals surface area contributed by atoms with Crippen LogP contribution in [-0.2, 0) is 11.0 Å². The quantitative estimate of drug-likeness (QED) is 0.189. The molecule has 0 rings (SSSR count). The standard InChI is InChI=1S/C23H49NOS/c1-3-4-5-6-7-8-9-10-11-12-13-14-15-16-17-18-19-20-21-22-23-24-26(2)25/h24H,3-23H2,1-2H3. The van der Waals surface area contributed by atoms with Crippen molar-refractivity contribution in [3.05, 3.63) is 0 Å². The molecule has 3 heteroatoms. The molecule has 0 aromatic carbocycles. The molecular formula is C23H49NOS. The first-order valence-electron chi connectivity index (χ1n) is 11.8. The van der Waals surface area contributed by atoms with Gasteiger partial charge in [-0.3, -0.25) is 0 Å². The molecular weight excluding hydrogens is 338 g/mol. The highest BCUT2D eigenvalue weighted by Gasteiger charge is 1.95. The van der Waals surface area contributed by atoms with Gasteiger partial charge in [0.1, 0.15) is 0 Å². The molecule has 1 unspecified atom stereocenters. The van der Waals surface area contributed by atoms with Crippen molar-refractivity contribution in [1.82, 2.24) is 4.72 Å². The maximum atomic E-state index is 10.8. The molecule has 1 N–H and O–H groups in total. The van der Waals surface area contributed by atoms with Crippen LogP contribution in [0.5, 0.6) is 0 Å². The van der Waals surface area contributed by atoms with Crippen LogP contribution in [0.1, 0.15) is 135 Å². The van der Waals surface area contributed by atoms with Crippen LogP contribution < -0.4 is 4.72 Å². The second-order valence-corrected chi connectivity index (χ2v) is 9.26. The molecule has 0 aliphatic carbocycles. The number of hydrogen-bond donors (Lipinski definition) is 1. The molecule has 0 aliphatic heterocycles. The minimum Gasteiger partial charge on any atom is -0.243 e. The summed E-state index contributed by atoms with van der Waals surface area (Å²) in [6, 6.07) is 0. The van der Waals surface area contributed by atoms with E-state index in [2.05, 4.69) is 11.6 Å². The summed E-state index contributed by atoms with van der Waals surface area (Å²) in [7, 11) is -0.835. The van der Waals surface area contributed by atoms with Gasteiger partial charge in [0.05, 0.1) is 11.0 Å². The fourth-order valence-corrected chi connectivity index (χ4v) is 4.03. The first-order valence-corrected chi connectivity index (χ1v) is 13.4. The Morgan fingerprint density at radius 2 is 0.769 bits per heavy atom. The van der Waals surface area contributed by atoms with Crippen molar-refractivity contribution in [2.45, 2.75) is 135 Å². The van der Waals surface area contributed by atoms with E-state index in [1.807, 2.05) is 0 Å². The van der Waals surface area contributed by atoms with E-state index in [1.165, 1.54) is 128 Å². The van der Waals surface area contributed by atoms with Crippen molar-refractivity contribution in [1.29, 1.82) is 0 Å². The van der Waals surface area contributed by atoms with Gasteiger partial charge < -0.3 is 0 Å². The Balaban J connectivity index is 2.98. The average molecular weight is 388 g/mol. The minimum absolute atomic E-state index is 0.835. The van der Waals surface area contributed by atoms with Crippen molar-refractivity contribution in [3.8, 4) is 0 Å². The third-order valence-electron chi connectivity index (χ3n) is 5.34. The Morgan fingerprint density at radius 3 is 1.04 bits per heavy atom. The summed E-state index contributed by atoms with van der Waals surface area (Å²) < 4.78 is 13.8. The molecule has 158 valence electrons. The second kappa shape index (κ2) is 23.1. The molecule has 2 nitrogen and oxygen atoms in total. The van der Waals surface area contributed by atoms with Gasteiger partial charge in [0.2, 0.25) is 0 Å². The van der Waals surface area contributed by atoms with Gasteiger partial charge in [0, 0.05) is 12.8 Å². The zero-order valence-electron chi connectivity index (χ0n) is 18.2. The van der Waals surface area contributed by atoms with Gasteiger partial charge in [-0.15, -0.1) is 0 Å². The lowest BCUT2D eigenvalue weighted by Gasteiger charge is -2.04. The summed E-state index contributed by atoms with van der Waals surface area (Å²) in [6.45, 7) is 3.20. The van der Waals surface area contributed by atoms with Gasteiger partial charge in [-0.1, -0.05) is 129 Å². The molecule has 0 aromatic rings. The van der Waals surface area contributed by atoms with Gasteiger partial charge in [0.25, 0.3) is 0 Å². The van der Waals surface area contributed by atoms with E-state index in [-0.39, 0.29) is 0 Å². The zero-order valence-corrected chi connectivity index (χ0v) is 19.0. The van der Waals surface area contributed by atoms with Gasteiger partial charge in [-0.25, -0.2) is 8.93 Å².